The maximum atomic E-state index is 10.7. The summed E-state index contributed by atoms with van der Waals surface area (Å²) in [6, 6.07) is 6.84. The molecule has 5 nitrogen and oxygen atoms in total. The molecule has 1 aromatic heterocycles. The average Bonchev–Trinajstić information content (AvgIpc) is 2.82. The molecule has 1 heterocycles. The zero-order chi connectivity index (χ0) is 13.3. The van der Waals surface area contributed by atoms with Crippen molar-refractivity contribution in [1.29, 1.82) is 5.26 Å². The van der Waals surface area contributed by atoms with E-state index in [0.29, 0.717) is 16.9 Å². The highest BCUT2D eigenvalue weighted by molar-refractivity contribution is 5.86. The molecule has 0 spiro atoms. The second-order valence-electron chi connectivity index (χ2n) is 3.96. The molecular formula is C13H10N2O3. The van der Waals surface area contributed by atoms with E-state index >= 15 is 0 Å². The number of aromatic carboxylic acids is 1. The molecule has 0 saturated carbocycles. The highest BCUT2D eigenvalue weighted by atomic mass is 16.5. The molecule has 2 rings (SSSR count). The number of nitriles is 1. The van der Waals surface area contributed by atoms with E-state index in [4.69, 9.17) is 14.9 Å². The van der Waals surface area contributed by atoms with E-state index in [1.807, 2.05) is 13.8 Å². The van der Waals surface area contributed by atoms with Crippen LogP contribution in [0.25, 0.3) is 11.3 Å². The van der Waals surface area contributed by atoms with Crippen LogP contribution in [0.1, 0.15) is 27.2 Å². The van der Waals surface area contributed by atoms with Crippen molar-refractivity contribution in [2.45, 2.75) is 13.8 Å². The van der Waals surface area contributed by atoms with Crippen LogP contribution in [-0.4, -0.2) is 16.2 Å². The van der Waals surface area contributed by atoms with Crippen LogP contribution in [0.2, 0.25) is 0 Å². The highest BCUT2D eigenvalue weighted by Gasteiger charge is 2.15. The van der Waals surface area contributed by atoms with E-state index in [9.17, 15) is 4.79 Å². The summed E-state index contributed by atoms with van der Waals surface area (Å²) in [5.74, 6) is -0.791. The van der Waals surface area contributed by atoms with Crippen LogP contribution in [0.4, 0.5) is 0 Å². The standard InChI is InChI=1S/C13H10N2O3/c1-7-3-9(6-14)4-10(8(7)2)12-5-11(13(16)17)15-18-12/h3-5H,1-2H3,(H,16,17). The number of hydrogen-bond donors (Lipinski definition) is 1. The molecule has 1 N–H and O–H groups in total. The monoisotopic (exact) mass is 242 g/mol. The molecule has 0 aliphatic rings. The molecule has 0 unspecified atom stereocenters. The molecule has 0 radical (unpaired) electrons. The molecule has 5 heteroatoms. The Kier molecular flexibility index (Phi) is 2.86. The molecule has 0 fully saturated rings. The van der Waals surface area contributed by atoms with Crippen LogP contribution in [0.5, 0.6) is 0 Å². The Labute approximate surface area is 103 Å². The van der Waals surface area contributed by atoms with Gasteiger partial charge in [0.2, 0.25) is 0 Å². The first-order valence-corrected chi connectivity index (χ1v) is 5.24. The van der Waals surface area contributed by atoms with E-state index in [1.54, 1.807) is 12.1 Å². The van der Waals surface area contributed by atoms with E-state index in [-0.39, 0.29) is 5.69 Å². The smallest absolute Gasteiger partial charge is 0.358 e. The minimum Gasteiger partial charge on any atom is -0.476 e. The number of benzene rings is 1. The molecule has 2 aromatic rings. The minimum atomic E-state index is -1.14. The number of carbonyl (C=O) groups is 1. The van der Waals surface area contributed by atoms with Gasteiger partial charge in [-0.3, -0.25) is 0 Å². The number of rotatable bonds is 2. The maximum Gasteiger partial charge on any atom is 0.358 e. The second kappa shape index (κ2) is 4.34. The Morgan fingerprint density at radius 2 is 2.11 bits per heavy atom. The third-order valence-electron chi connectivity index (χ3n) is 2.79. The van der Waals surface area contributed by atoms with E-state index in [1.165, 1.54) is 6.07 Å². The molecule has 0 bridgehead atoms. The number of carboxylic acid groups (broad SMARTS) is 1. The fourth-order valence-electron chi connectivity index (χ4n) is 1.68. The summed E-state index contributed by atoms with van der Waals surface area (Å²) in [6.07, 6.45) is 0. The number of aryl methyl sites for hydroxylation is 1. The minimum absolute atomic E-state index is 0.149. The maximum absolute atomic E-state index is 10.7. The van der Waals surface area contributed by atoms with Gasteiger partial charge in [-0.25, -0.2) is 4.79 Å². The van der Waals surface area contributed by atoms with Crippen molar-refractivity contribution in [3.8, 4) is 17.4 Å². The first-order valence-electron chi connectivity index (χ1n) is 5.24. The fourth-order valence-corrected chi connectivity index (χ4v) is 1.68. The highest BCUT2D eigenvalue weighted by Crippen LogP contribution is 2.27. The summed E-state index contributed by atoms with van der Waals surface area (Å²) in [7, 11) is 0. The Bertz CT molecular complexity index is 665. The van der Waals surface area contributed by atoms with Crippen LogP contribution < -0.4 is 0 Å². The van der Waals surface area contributed by atoms with Crippen LogP contribution in [0.3, 0.4) is 0 Å². The van der Waals surface area contributed by atoms with Crippen molar-refractivity contribution in [3.05, 3.63) is 40.6 Å². The molecule has 0 aliphatic carbocycles. The van der Waals surface area contributed by atoms with Gasteiger partial charge in [-0.15, -0.1) is 0 Å². The molecule has 0 aliphatic heterocycles. The van der Waals surface area contributed by atoms with Gasteiger partial charge in [0.05, 0.1) is 11.6 Å². The largest absolute Gasteiger partial charge is 0.476 e. The summed E-state index contributed by atoms with van der Waals surface area (Å²) in [5.41, 5.74) is 2.91. The van der Waals surface area contributed by atoms with E-state index in [0.717, 1.165) is 11.1 Å². The van der Waals surface area contributed by atoms with Gasteiger partial charge in [-0.2, -0.15) is 5.26 Å². The SMILES string of the molecule is Cc1cc(C#N)cc(-c2cc(C(=O)O)no2)c1C. The van der Waals surface area contributed by atoms with Gasteiger partial charge in [-0.05, 0) is 37.1 Å². The molecule has 0 saturated heterocycles. The van der Waals surface area contributed by atoms with Crippen molar-refractivity contribution in [2.75, 3.05) is 0 Å². The van der Waals surface area contributed by atoms with Crippen molar-refractivity contribution < 1.29 is 14.4 Å². The van der Waals surface area contributed by atoms with Gasteiger partial charge in [0.25, 0.3) is 0 Å². The predicted molar refractivity (Wildman–Crippen MR) is 63.1 cm³/mol. The first-order chi connectivity index (χ1) is 8.52. The lowest BCUT2D eigenvalue weighted by Crippen LogP contribution is -1.94. The molecule has 90 valence electrons. The molecule has 18 heavy (non-hydrogen) atoms. The van der Waals surface area contributed by atoms with E-state index in [2.05, 4.69) is 11.2 Å². The van der Waals surface area contributed by atoms with Crippen LogP contribution in [0.15, 0.2) is 22.7 Å². The number of hydrogen-bond acceptors (Lipinski definition) is 4. The van der Waals surface area contributed by atoms with E-state index < -0.39 is 5.97 Å². The topological polar surface area (TPSA) is 87.1 Å². The van der Waals surface area contributed by atoms with Crippen LogP contribution >= 0.6 is 0 Å². The number of aromatic nitrogens is 1. The average molecular weight is 242 g/mol. The van der Waals surface area contributed by atoms with Crippen LogP contribution in [-0.2, 0) is 0 Å². The first kappa shape index (κ1) is 11.9. The van der Waals surface area contributed by atoms with Crippen molar-refractivity contribution in [2.24, 2.45) is 0 Å². The summed E-state index contributed by atoms with van der Waals surface area (Å²) in [4.78, 5) is 10.7. The molecular weight excluding hydrogens is 232 g/mol. The van der Waals surface area contributed by atoms with Gasteiger partial charge < -0.3 is 9.63 Å². The lowest BCUT2D eigenvalue weighted by atomic mass is 9.98. The number of carboxylic acids is 1. The van der Waals surface area contributed by atoms with Gasteiger partial charge in [0.1, 0.15) is 0 Å². The quantitative estimate of drug-likeness (QED) is 0.874. The van der Waals surface area contributed by atoms with Crippen LogP contribution in [0, 0.1) is 25.2 Å². The van der Waals surface area contributed by atoms with Gasteiger partial charge in [0, 0.05) is 11.6 Å². The Morgan fingerprint density at radius 3 is 2.67 bits per heavy atom. The Hall–Kier alpha value is -2.61. The summed E-state index contributed by atoms with van der Waals surface area (Å²) >= 11 is 0. The summed E-state index contributed by atoms with van der Waals surface area (Å²) in [6.45, 7) is 3.77. The predicted octanol–water partition coefficient (Wildman–Crippen LogP) is 2.53. The van der Waals surface area contributed by atoms with Crippen molar-refractivity contribution in [3.63, 3.8) is 0 Å². The fraction of sp³-hybridized carbons (Fsp3) is 0.154. The third-order valence-corrected chi connectivity index (χ3v) is 2.79. The third kappa shape index (κ3) is 1.96. The Morgan fingerprint density at radius 1 is 1.39 bits per heavy atom. The van der Waals surface area contributed by atoms with Gasteiger partial charge in [-0.1, -0.05) is 5.16 Å². The van der Waals surface area contributed by atoms with Crippen molar-refractivity contribution in [1.82, 2.24) is 5.16 Å². The normalized spacial score (nSPS) is 10.1. The number of nitrogens with zero attached hydrogens (tertiary/aromatic N) is 2. The Balaban J connectivity index is 2.59. The van der Waals surface area contributed by atoms with Gasteiger partial charge in [0.15, 0.2) is 11.5 Å². The summed E-state index contributed by atoms with van der Waals surface area (Å²) < 4.78 is 5.01. The lowest BCUT2D eigenvalue weighted by molar-refractivity contribution is 0.0686. The second-order valence-corrected chi connectivity index (χ2v) is 3.96. The van der Waals surface area contributed by atoms with Gasteiger partial charge >= 0.3 is 5.97 Å². The molecule has 0 atom stereocenters. The summed E-state index contributed by atoms with van der Waals surface area (Å²) in [5, 5.41) is 21.2. The van der Waals surface area contributed by atoms with Crippen molar-refractivity contribution >= 4 is 5.97 Å². The molecule has 0 amide bonds. The zero-order valence-corrected chi connectivity index (χ0v) is 9.89. The molecule has 1 aromatic carbocycles. The lowest BCUT2D eigenvalue weighted by Gasteiger charge is -2.06. The zero-order valence-electron chi connectivity index (χ0n) is 9.89.